The fourth-order valence-corrected chi connectivity index (χ4v) is 1.94. The van der Waals surface area contributed by atoms with Crippen LogP contribution in [0.1, 0.15) is 39.7 Å². The average Bonchev–Trinajstić information content (AvgIpc) is 2.36. The molecule has 2 nitrogen and oxygen atoms in total. The zero-order valence-corrected chi connectivity index (χ0v) is 13.2. The van der Waals surface area contributed by atoms with E-state index in [1.807, 2.05) is 32.0 Å². The molecule has 0 aliphatic rings. The van der Waals surface area contributed by atoms with E-state index in [0.717, 1.165) is 12.8 Å². The number of hydrogen-bond donors (Lipinski definition) is 2. The van der Waals surface area contributed by atoms with Gasteiger partial charge in [-0.3, -0.25) is 4.79 Å². The van der Waals surface area contributed by atoms with Crippen LogP contribution in [0.5, 0.6) is 0 Å². The third-order valence-corrected chi connectivity index (χ3v) is 4.07. The number of hydrogen-bond acceptors (Lipinski definition) is 2. The second-order valence-corrected chi connectivity index (χ2v) is 6.60. The molecule has 1 atom stereocenters. The highest BCUT2D eigenvalue weighted by Gasteiger charge is 2.25. The predicted molar refractivity (Wildman–Crippen MR) is 84.6 cm³/mol. The molecule has 106 valence electrons. The summed E-state index contributed by atoms with van der Waals surface area (Å²) in [7, 11) is 0. The Bertz CT molecular complexity index is 400. The van der Waals surface area contributed by atoms with Crippen molar-refractivity contribution < 1.29 is 4.79 Å². The highest BCUT2D eigenvalue weighted by Crippen LogP contribution is 2.16. The Morgan fingerprint density at radius 3 is 2.37 bits per heavy atom. The van der Waals surface area contributed by atoms with Crippen molar-refractivity contribution in [3.63, 3.8) is 0 Å². The van der Waals surface area contributed by atoms with Crippen LogP contribution in [-0.4, -0.2) is 16.7 Å². The first kappa shape index (κ1) is 16.1. The van der Waals surface area contributed by atoms with Gasteiger partial charge in [0.1, 0.15) is 0 Å². The maximum atomic E-state index is 12.0. The molecule has 3 heteroatoms. The number of thiol groups is 1. The molecule has 0 aliphatic carbocycles. The number of aryl methyl sites for hydroxylation is 1. The first-order valence-electron chi connectivity index (χ1n) is 6.86. The van der Waals surface area contributed by atoms with Gasteiger partial charge in [0.2, 0.25) is 5.91 Å². The number of nitrogens with one attached hydrogen (secondary N) is 1. The maximum absolute atomic E-state index is 12.0. The molecule has 0 aromatic heterocycles. The van der Waals surface area contributed by atoms with Gasteiger partial charge in [-0.05, 0) is 38.2 Å². The summed E-state index contributed by atoms with van der Waals surface area (Å²) in [6, 6.07) is 10.3. The zero-order chi connectivity index (χ0) is 14.5. The molecule has 0 fully saturated rings. The van der Waals surface area contributed by atoms with E-state index in [0.29, 0.717) is 0 Å². The van der Waals surface area contributed by atoms with E-state index in [4.69, 9.17) is 0 Å². The van der Waals surface area contributed by atoms with E-state index in [-0.39, 0.29) is 22.6 Å². The quantitative estimate of drug-likeness (QED) is 0.767. The van der Waals surface area contributed by atoms with Crippen molar-refractivity contribution in [2.75, 3.05) is 0 Å². The third kappa shape index (κ3) is 5.68. The van der Waals surface area contributed by atoms with Crippen molar-refractivity contribution in [3.8, 4) is 0 Å². The first-order chi connectivity index (χ1) is 8.82. The molecule has 0 saturated carbocycles. The fourth-order valence-electron chi connectivity index (χ4n) is 1.87. The van der Waals surface area contributed by atoms with Crippen molar-refractivity contribution in [3.05, 3.63) is 35.9 Å². The van der Waals surface area contributed by atoms with Crippen LogP contribution in [0.15, 0.2) is 30.3 Å². The fraction of sp³-hybridized carbons (Fsp3) is 0.562. The van der Waals surface area contributed by atoms with E-state index >= 15 is 0 Å². The molecule has 0 bridgehead atoms. The van der Waals surface area contributed by atoms with Crippen molar-refractivity contribution in [1.82, 2.24) is 5.32 Å². The standard InChI is InChI=1S/C16H25NOS/c1-12(2)14(19)15(18)17-16(3,4)11-10-13-8-6-5-7-9-13/h5-9,12,14,19H,10-11H2,1-4H3,(H,17,18). The predicted octanol–water partition coefficient (Wildman–Crippen LogP) is 3.47. The van der Waals surface area contributed by atoms with Gasteiger partial charge in [-0.1, -0.05) is 44.2 Å². The van der Waals surface area contributed by atoms with Crippen molar-refractivity contribution in [2.24, 2.45) is 5.92 Å². The summed E-state index contributed by atoms with van der Waals surface area (Å²) in [5.74, 6) is 0.268. The van der Waals surface area contributed by atoms with Gasteiger partial charge in [-0.25, -0.2) is 0 Å². The monoisotopic (exact) mass is 279 g/mol. The highest BCUT2D eigenvalue weighted by atomic mass is 32.1. The smallest absolute Gasteiger partial charge is 0.233 e. The van der Waals surface area contributed by atoms with Gasteiger partial charge in [-0.15, -0.1) is 0 Å². The highest BCUT2D eigenvalue weighted by molar-refractivity contribution is 7.81. The summed E-state index contributed by atoms with van der Waals surface area (Å²) >= 11 is 4.36. The van der Waals surface area contributed by atoms with Crippen LogP contribution in [0, 0.1) is 5.92 Å². The van der Waals surface area contributed by atoms with E-state index in [9.17, 15) is 4.79 Å². The molecule has 1 rings (SSSR count). The number of rotatable bonds is 6. The van der Waals surface area contributed by atoms with Gasteiger partial charge >= 0.3 is 0 Å². The largest absolute Gasteiger partial charge is 0.350 e. The van der Waals surface area contributed by atoms with Crippen molar-refractivity contribution in [1.29, 1.82) is 0 Å². The number of carbonyl (C=O) groups is 1. The lowest BCUT2D eigenvalue weighted by atomic mass is 9.94. The third-order valence-electron chi connectivity index (χ3n) is 3.24. The second kappa shape index (κ2) is 6.99. The topological polar surface area (TPSA) is 29.1 Å². The Labute approximate surface area is 122 Å². The molecule has 1 amide bonds. The van der Waals surface area contributed by atoms with Gasteiger partial charge < -0.3 is 5.32 Å². The summed E-state index contributed by atoms with van der Waals surface area (Å²) in [4.78, 5) is 12.0. The van der Waals surface area contributed by atoms with E-state index in [1.165, 1.54) is 5.56 Å². The van der Waals surface area contributed by atoms with E-state index in [2.05, 4.69) is 43.9 Å². The molecule has 0 aliphatic heterocycles. The summed E-state index contributed by atoms with van der Waals surface area (Å²) in [5.41, 5.74) is 1.10. The summed E-state index contributed by atoms with van der Waals surface area (Å²) < 4.78 is 0. The molecule has 1 unspecified atom stereocenters. The van der Waals surface area contributed by atoms with E-state index in [1.54, 1.807) is 0 Å². The Morgan fingerprint density at radius 2 is 1.84 bits per heavy atom. The van der Waals surface area contributed by atoms with Gasteiger partial charge in [0.15, 0.2) is 0 Å². The Kier molecular flexibility index (Phi) is 5.92. The Balaban J connectivity index is 2.50. The van der Waals surface area contributed by atoms with Crippen molar-refractivity contribution in [2.45, 2.75) is 51.3 Å². The summed E-state index contributed by atoms with van der Waals surface area (Å²) in [5, 5.41) is 2.85. The molecule has 1 aromatic rings. The van der Waals surface area contributed by atoms with Crippen LogP contribution in [0.25, 0.3) is 0 Å². The number of carbonyl (C=O) groups excluding carboxylic acids is 1. The first-order valence-corrected chi connectivity index (χ1v) is 7.37. The molecular formula is C16H25NOS. The minimum Gasteiger partial charge on any atom is -0.350 e. The number of benzene rings is 1. The SMILES string of the molecule is CC(C)C(S)C(=O)NC(C)(C)CCc1ccccc1. The molecule has 1 aromatic carbocycles. The lowest BCUT2D eigenvalue weighted by Crippen LogP contribution is -2.48. The lowest BCUT2D eigenvalue weighted by Gasteiger charge is -2.28. The lowest BCUT2D eigenvalue weighted by molar-refractivity contribution is -0.122. The van der Waals surface area contributed by atoms with Crippen LogP contribution in [0.3, 0.4) is 0 Å². The van der Waals surface area contributed by atoms with Gasteiger partial charge in [-0.2, -0.15) is 12.6 Å². The Morgan fingerprint density at radius 1 is 1.26 bits per heavy atom. The molecule has 0 spiro atoms. The van der Waals surface area contributed by atoms with E-state index < -0.39 is 0 Å². The zero-order valence-electron chi connectivity index (χ0n) is 12.3. The minimum absolute atomic E-state index is 0.0244. The van der Waals surface area contributed by atoms with Crippen LogP contribution >= 0.6 is 12.6 Å². The molecule has 0 radical (unpaired) electrons. The summed E-state index contributed by atoms with van der Waals surface area (Å²) in [6.45, 7) is 8.14. The molecule has 19 heavy (non-hydrogen) atoms. The average molecular weight is 279 g/mol. The minimum atomic E-state index is -0.240. The van der Waals surface area contributed by atoms with Crippen LogP contribution in [0.2, 0.25) is 0 Å². The van der Waals surface area contributed by atoms with Gasteiger partial charge in [0, 0.05) is 5.54 Å². The van der Waals surface area contributed by atoms with Crippen molar-refractivity contribution >= 4 is 18.5 Å². The second-order valence-electron chi connectivity index (χ2n) is 6.05. The van der Waals surface area contributed by atoms with Gasteiger partial charge in [0.25, 0.3) is 0 Å². The maximum Gasteiger partial charge on any atom is 0.233 e. The van der Waals surface area contributed by atoms with Crippen LogP contribution in [0.4, 0.5) is 0 Å². The summed E-state index contributed by atoms with van der Waals surface area (Å²) in [6.07, 6.45) is 1.88. The van der Waals surface area contributed by atoms with Crippen LogP contribution in [-0.2, 0) is 11.2 Å². The number of amides is 1. The Hall–Kier alpha value is -0.960. The van der Waals surface area contributed by atoms with Crippen LogP contribution < -0.4 is 5.32 Å². The molecule has 0 saturated heterocycles. The molecule has 0 heterocycles. The molecule has 1 N–H and O–H groups in total. The van der Waals surface area contributed by atoms with Gasteiger partial charge in [0.05, 0.1) is 5.25 Å². The molecular weight excluding hydrogens is 254 g/mol. The normalized spacial score (nSPS) is 13.4.